The molecule has 0 aliphatic heterocycles. The Balaban J connectivity index is 2.52. The van der Waals surface area contributed by atoms with Crippen molar-refractivity contribution >= 4 is 0 Å². The predicted molar refractivity (Wildman–Crippen MR) is 70.0 cm³/mol. The summed E-state index contributed by atoms with van der Waals surface area (Å²) < 4.78 is 0. The fourth-order valence-electron chi connectivity index (χ4n) is 1.73. The Kier molecular flexibility index (Phi) is 4.97. The van der Waals surface area contributed by atoms with Crippen LogP contribution in [-0.2, 0) is 0 Å². The lowest BCUT2D eigenvalue weighted by Crippen LogP contribution is -2.32. The van der Waals surface area contributed by atoms with E-state index in [1.807, 2.05) is 12.1 Å². The van der Waals surface area contributed by atoms with E-state index >= 15 is 0 Å². The molecule has 0 aliphatic carbocycles. The van der Waals surface area contributed by atoms with Gasteiger partial charge < -0.3 is 15.5 Å². The second-order valence-corrected chi connectivity index (χ2v) is 5.34. The average molecular weight is 237 g/mol. The van der Waals surface area contributed by atoms with E-state index in [4.69, 9.17) is 5.11 Å². The Labute approximate surface area is 103 Å². The first kappa shape index (κ1) is 14.0. The third-order valence-corrected chi connectivity index (χ3v) is 3.05. The van der Waals surface area contributed by atoms with E-state index in [9.17, 15) is 5.11 Å². The second kappa shape index (κ2) is 6.03. The summed E-state index contributed by atoms with van der Waals surface area (Å²) in [5.74, 6) is 0.297. The third-order valence-electron chi connectivity index (χ3n) is 3.05. The van der Waals surface area contributed by atoms with Gasteiger partial charge in [-0.2, -0.15) is 0 Å². The highest BCUT2D eigenvalue weighted by Gasteiger charge is 2.18. The minimum absolute atomic E-state index is 0.0832. The number of aromatic hydroxyl groups is 1. The van der Waals surface area contributed by atoms with Crippen LogP contribution in [0.25, 0.3) is 0 Å². The van der Waals surface area contributed by atoms with Crippen molar-refractivity contribution in [2.75, 3.05) is 13.2 Å². The van der Waals surface area contributed by atoms with Gasteiger partial charge in [0.25, 0.3) is 0 Å². The molecule has 0 spiro atoms. The van der Waals surface area contributed by atoms with E-state index in [0.717, 1.165) is 18.5 Å². The summed E-state index contributed by atoms with van der Waals surface area (Å²) in [6, 6.07) is 7.49. The molecule has 0 radical (unpaired) electrons. The molecule has 0 bridgehead atoms. The molecular formula is C14H23NO2. The fourth-order valence-corrected chi connectivity index (χ4v) is 1.73. The number of hydrogen-bond acceptors (Lipinski definition) is 3. The topological polar surface area (TPSA) is 52.5 Å². The molecule has 1 atom stereocenters. The molecule has 17 heavy (non-hydrogen) atoms. The highest BCUT2D eigenvalue weighted by Crippen LogP contribution is 2.22. The van der Waals surface area contributed by atoms with Crippen LogP contribution < -0.4 is 5.32 Å². The van der Waals surface area contributed by atoms with Crippen molar-refractivity contribution in [2.24, 2.45) is 5.41 Å². The minimum atomic E-state index is 0.0832. The summed E-state index contributed by atoms with van der Waals surface area (Å²) in [5, 5.41) is 21.8. The van der Waals surface area contributed by atoms with Crippen LogP contribution in [-0.4, -0.2) is 23.4 Å². The van der Waals surface area contributed by atoms with Crippen LogP contribution >= 0.6 is 0 Å². The molecule has 0 saturated carbocycles. The number of nitrogens with one attached hydrogen (secondary N) is 1. The number of phenols is 1. The lowest BCUT2D eigenvalue weighted by molar-refractivity contribution is 0.203. The molecule has 0 heterocycles. The number of phenolic OH excluding ortho intramolecular Hbond substituents is 1. The van der Waals surface area contributed by atoms with E-state index in [0.29, 0.717) is 5.75 Å². The van der Waals surface area contributed by atoms with Crippen LogP contribution in [0.1, 0.15) is 38.8 Å². The molecule has 0 amide bonds. The van der Waals surface area contributed by atoms with Crippen molar-refractivity contribution in [1.82, 2.24) is 5.32 Å². The summed E-state index contributed by atoms with van der Waals surface area (Å²) >= 11 is 0. The van der Waals surface area contributed by atoms with Crippen molar-refractivity contribution in [3.63, 3.8) is 0 Å². The number of aliphatic hydroxyl groups is 1. The van der Waals surface area contributed by atoms with Crippen LogP contribution in [0.3, 0.4) is 0 Å². The summed E-state index contributed by atoms with van der Waals surface area (Å²) in [6.07, 6.45) is 0.784. The molecule has 1 unspecified atom stereocenters. The zero-order valence-electron chi connectivity index (χ0n) is 10.9. The minimum Gasteiger partial charge on any atom is -0.508 e. The molecule has 0 fully saturated rings. The van der Waals surface area contributed by atoms with E-state index in [-0.39, 0.29) is 18.1 Å². The third kappa shape index (κ3) is 4.75. The van der Waals surface area contributed by atoms with Gasteiger partial charge >= 0.3 is 0 Å². The standard InChI is InChI=1S/C14H23NO2/c1-11(12-5-4-6-13(17)9-12)15-10-14(2,3)7-8-16/h4-6,9,11,15-17H,7-8,10H2,1-3H3. The summed E-state index contributed by atoms with van der Waals surface area (Å²) in [4.78, 5) is 0. The smallest absolute Gasteiger partial charge is 0.115 e. The van der Waals surface area contributed by atoms with Gasteiger partial charge in [0.15, 0.2) is 0 Å². The highest BCUT2D eigenvalue weighted by molar-refractivity contribution is 5.29. The number of aliphatic hydroxyl groups excluding tert-OH is 1. The average Bonchev–Trinajstić information content (AvgIpc) is 2.26. The fraction of sp³-hybridized carbons (Fsp3) is 0.571. The summed E-state index contributed by atoms with van der Waals surface area (Å²) in [6.45, 7) is 7.39. The summed E-state index contributed by atoms with van der Waals surface area (Å²) in [7, 11) is 0. The Morgan fingerprint density at radius 1 is 1.35 bits per heavy atom. The molecule has 1 rings (SSSR count). The normalized spacial score (nSPS) is 13.6. The Morgan fingerprint density at radius 3 is 2.65 bits per heavy atom. The van der Waals surface area contributed by atoms with E-state index in [1.165, 1.54) is 0 Å². The largest absolute Gasteiger partial charge is 0.508 e. The molecule has 1 aromatic rings. The molecule has 96 valence electrons. The van der Waals surface area contributed by atoms with Crippen LogP contribution in [0, 0.1) is 5.41 Å². The molecule has 1 aromatic carbocycles. The van der Waals surface area contributed by atoms with Gasteiger partial charge in [-0.25, -0.2) is 0 Å². The van der Waals surface area contributed by atoms with Crippen molar-refractivity contribution in [2.45, 2.75) is 33.2 Å². The Hall–Kier alpha value is -1.06. The van der Waals surface area contributed by atoms with E-state index in [1.54, 1.807) is 12.1 Å². The highest BCUT2D eigenvalue weighted by atomic mass is 16.3. The first-order chi connectivity index (χ1) is 7.94. The first-order valence-corrected chi connectivity index (χ1v) is 6.08. The molecule has 0 aliphatic rings. The molecule has 3 N–H and O–H groups in total. The van der Waals surface area contributed by atoms with Gasteiger partial charge in [-0.05, 0) is 36.5 Å². The van der Waals surface area contributed by atoms with Crippen molar-refractivity contribution in [1.29, 1.82) is 0 Å². The van der Waals surface area contributed by atoms with Gasteiger partial charge in [0.05, 0.1) is 0 Å². The molecular weight excluding hydrogens is 214 g/mol. The second-order valence-electron chi connectivity index (χ2n) is 5.34. The summed E-state index contributed by atoms with van der Waals surface area (Å²) in [5.41, 5.74) is 1.16. The van der Waals surface area contributed by atoms with Crippen LogP contribution in [0.15, 0.2) is 24.3 Å². The quantitative estimate of drug-likeness (QED) is 0.712. The Morgan fingerprint density at radius 2 is 2.06 bits per heavy atom. The van der Waals surface area contributed by atoms with Crippen molar-refractivity contribution < 1.29 is 10.2 Å². The SMILES string of the molecule is CC(NCC(C)(C)CCO)c1cccc(O)c1. The monoisotopic (exact) mass is 237 g/mol. The van der Waals surface area contributed by atoms with Gasteiger partial charge in [0.1, 0.15) is 5.75 Å². The first-order valence-electron chi connectivity index (χ1n) is 6.08. The van der Waals surface area contributed by atoms with Gasteiger partial charge in [0.2, 0.25) is 0 Å². The van der Waals surface area contributed by atoms with Crippen LogP contribution in [0.2, 0.25) is 0 Å². The predicted octanol–water partition coefficient (Wildman–Crippen LogP) is 2.45. The maximum atomic E-state index is 9.41. The lowest BCUT2D eigenvalue weighted by Gasteiger charge is -2.26. The number of rotatable bonds is 6. The van der Waals surface area contributed by atoms with E-state index in [2.05, 4.69) is 26.1 Å². The van der Waals surface area contributed by atoms with E-state index < -0.39 is 0 Å². The van der Waals surface area contributed by atoms with Gasteiger partial charge in [-0.15, -0.1) is 0 Å². The molecule has 3 heteroatoms. The molecule has 3 nitrogen and oxygen atoms in total. The van der Waals surface area contributed by atoms with Crippen LogP contribution in [0.4, 0.5) is 0 Å². The molecule has 0 saturated heterocycles. The molecule has 0 aromatic heterocycles. The van der Waals surface area contributed by atoms with Crippen molar-refractivity contribution in [3.8, 4) is 5.75 Å². The van der Waals surface area contributed by atoms with Crippen molar-refractivity contribution in [3.05, 3.63) is 29.8 Å². The maximum absolute atomic E-state index is 9.41. The van der Waals surface area contributed by atoms with Gasteiger partial charge in [-0.3, -0.25) is 0 Å². The zero-order chi connectivity index (χ0) is 12.9. The number of benzene rings is 1. The maximum Gasteiger partial charge on any atom is 0.115 e. The number of hydrogen-bond donors (Lipinski definition) is 3. The van der Waals surface area contributed by atoms with Gasteiger partial charge in [0, 0.05) is 19.2 Å². The Bertz CT molecular complexity index is 350. The van der Waals surface area contributed by atoms with Crippen LogP contribution in [0.5, 0.6) is 5.75 Å². The lowest BCUT2D eigenvalue weighted by atomic mass is 9.89. The zero-order valence-corrected chi connectivity index (χ0v) is 10.9. The van der Waals surface area contributed by atoms with Gasteiger partial charge in [-0.1, -0.05) is 26.0 Å².